The van der Waals surface area contributed by atoms with Crippen molar-refractivity contribution in [2.75, 3.05) is 11.9 Å². The summed E-state index contributed by atoms with van der Waals surface area (Å²) in [5, 5.41) is 0. The molecular formula is C12H21N3O. The van der Waals surface area contributed by atoms with Gasteiger partial charge in [-0.1, -0.05) is 6.92 Å². The van der Waals surface area contributed by atoms with Crippen molar-refractivity contribution in [3.05, 3.63) is 12.0 Å². The van der Waals surface area contributed by atoms with Crippen LogP contribution >= 0.6 is 0 Å². The maximum absolute atomic E-state index is 5.52. The molecule has 0 amide bonds. The van der Waals surface area contributed by atoms with Crippen LogP contribution in [0.2, 0.25) is 0 Å². The minimum atomic E-state index is 0.443. The first-order valence-electron chi connectivity index (χ1n) is 6.08. The van der Waals surface area contributed by atoms with Crippen LogP contribution in [0.3, 0.4) is 0 Å². The molecule has 90 valence electrons. The molecule has 0 saturated heterocycles. The predicted octanol–water partition coefficient (Wildman–Crippen LogP) is 2.15. The Balaban J connectivity index is 1.98. The van der Waals surface area contributed by atoms with Gasteiger partial charge in [-0.25, -0.2) is 0 Å². The van der Waals surface area contributed by atoms with E-state index in [1.165, 1.54) is 25.7 Å². The van der Waals surface area contributed by atoms with E-state index in [0.29, 0.717) is 18.6 Å². The zero-order chi connectivity index (χ0) is 11.5. The van der Waals surface area contributed by atoms with Gasteiger partial charge in [0.2, 0.25) is 0 Å². The highest BCUT2D eigenvalue weighted by Gasteiger charge is 2.24. The molecule has 1 heterocycles. The number of aromatic nitrogens is 1. The minimum Gasteiger partial charge on any atom is -0.432 e. The molecule has 0 bridgehead atoms. The third-order valence-electron chi connectivity index (χ3n) is 3.58. The molecule has 1 aliphatic rings. The van der Waals surface area contributed by atoms with Gasteiger partial charge < -0.3 is 15.1 Å². The van der Waals surface area contributed by atoms with Crippen LogP contribution in [0.4, 0.5) is 6.01 Å². The van der Waals surface area contributed by atoms with Gasteiger partial charge in [0, 0.05) is 19.6 Å². The Labute approximate surface area is 96.8 Å². The summed E-state index contributed by atoms with van der Waals surface area (Å²) in [4.78, 5) is 6.51. The van der Waals surface area contributed by atoms with E-state index in [2.05, 4.69) is 23.9 Å². The molecule has 0 aromatic carbocycles. The van der Waals surface area contributed by atoms with E-state index in [1.54, 1.807) is 6.26 Å². The van der Waals surface area contributed by atoms with Gasteiger partial charge in [-0.3, -0.25) is 0 Å². The lowest BCUT2D eigenvalue weighted by atomic mass is 9.87. The summed E-state index contributed by atoms with van der Waals surface area (Å²) in [6.45, 7) is 2.77. The van der Waals surface area contributed by atoms with E-state index in [1.807, 2.05) is 0 Å². The molecule has 1 aromatic heterocycles. The number of nitrogens with zero attached hydrogens (tertiary/aromatic N) is 2. The monoisotopic (exact) mass is 223 g/mol. The van der Waals surface area contributed by atoms with Crippen molar-refractivity contribution in [2.45, 2.75) is 45.2 Å². The van der Waals surface area contributed by atoms with E-state index in [4.69, 9.17) is 10.2 Å². The van der Waals surface area contributed by atoms with Gasteiger partial charge >= 0.3 is 0 Å². The molecule has 2 rings (SSSR count). The van der Waals surface area contributed by atoms with Crippen molar-refractivity contribution >= 4 is 6.01 Å². The third-order valence-corrected chi connectivity index (χ3v) is 3.58. The van der Waals surface area contributed by atoms with Crippen LogP contribution < -0.4 is 10.6 Å². The van der Waals surface area contributed by atoms with Crippen LogP contribution in [0.5, 0.6) is 0 Å². The van der Waals surface area contributed by atoms with E-state index in [0.717, 1.165) is 11.6 Å². The molecule has 4 nitrogen and oxygen atoms in total. The van der Waals surface area contributed by atoms with Crippen molar-refractivity contribution in [1.82, 2.24) is 4.98 Å². The van der Waals surface area contributed by atoms with Crippen LogP contribution in [-0.4, -0.2) is 18.1 Å². The number of nitrogens with two attached hydrogens (primary N) is 1. The lowest BCUT2D eigenvalue weighted by Crippen LogP contribution is -2.35. The van der Waals surface area contributed by atoms with Gasteiger partial charge in [0.25, 0.3) is 6.01 Å². The fourth-order valence-corrected chi connectivity index (χ4v) is 2.34. The molecule has 0 spiro atoms. The standard InChI is InChI=1S/C12H21N3O/c1-9-3-5-11(6-4-9)15(2)12-14-10(7-13)8-16-12/h8-9,11H,3-7,13H2,1-2H3. The summed E-state index contributed by atoms with van der Waals surface area (Å²) in [5.74, 6) is 0.869. The molecule has 2 N–H and O–H groups in total. The second-order valence-electron chi connectivity index (χ2n) is 4.85. The quantitative estimate of drug-likeness (QED) is 0.853. The fourth-order valence-electron chi connectivity index (χ4n) is 2.34. The Bertz CT molecular complexity index is 329. The van der Waals surface area contributed by atoms with E-state index < -0.39 is 0 Å². The van der Waals surface area contributed by atoms with Gasteiger partial charge in [0.15, 0.2) is 0 Å². The van der Waals surface area contributed by atoms with E-state index >= 15 is 0 Å². The number of rotatable bonds is 3. The average Bonchev–Trinajstić information content (AvgIpc) is 2.77. The van der Waals surface area contributed by atoms with Crippen LogP contribution in [0.25, 0.3) is 0 Å². The van der Waals surface area contributed by atoms with Crippen molar-refractivity contribution < 1.29 is 4.42 Å². The molecule has 0 radical (unpaired) electrons. The maximum Gasteiger partial charge on any atom is 0.297 e. The molecule has 1 fully saturated rings. The van der Waals surface area contributed by atoms with E-state index in [-0.39, 0.29) is 0 Å². The topological polar surface area (TPSA) is 55.3 Å². The zero-order valence-corrected chi connectivity index (χ0v) is 10.1. The first kappa shape index (κ1) is 11.5. The van der Waals surface area contributed by atoms with Gasteiger partial charge in [-0.2, -0.15) is 4.98 Å². The summed E-state index contributed by atoms with van der Waals surface area (Å²) in [7, 11) is 2.06. The largest absolute Gasteiger partial charge is 0.432 e. The number of hydrogen-bond acceptors (Lipinski definition) is 4. The van der Waals surface area contributed by atoms with Crippen molar-refractivity contribution in [1.29, 1.82) is 0 Å². The first-order valence-corrected chi connectivity index (χ1v) is 6.08. The fraction of sp³-hybridized carbons (Fsp3) is 0.750. The normalized spacial score (nSPS) is 25.7. The van der Waals surface area contributed by atoms with Crippen molar-refractivity contribution in [3.8, 4) is 0 Å². The lowest BCUT2D eigenvalue weighted by molar-refractivity contribution is 0.332. The average molecular weight is 223 g/mol. The summed E-state index contributed by atoms with van der Waals surface area (Å²) in [6, 6.07) is 1.28. The molecular weight excluding hydrogens is 202 g/mol. The highest BCUT2D eigenvalue weighted by atomic mass is 16.4. The SMILES string of the molecule is CC1CCC(N(C)c2nc(CN)co2)CC1. The molecule has 0 unspecified atom stereocenters. The zero-order valence-electron chi connectivity index (χ0n) is 10.1. The van der Waals surface area contributed by atoms with Crippen molar-refractivity contribution in [3.63, 3.8) is 0 Å². The summed E-state index contributed by atoms with van der Waals surface area (Å²) < 4.78 is 5.43. The predicted molar refractivity (Wildman–Crippen MR) is 64.2 cm³/mol. The Morgan fingerprint density at radius 2 is 2.12 bits per heavy atom. The number of anilines is 1. The second kappa shape index (κ2) is 4.87. The van der Waals surface area contributed by atoms with Gasteiger partial charge in [-0.15, -0.1) is 0 Å². The van der Waals surface area contributed by atoms with Gasteiger partial charge in [0.1, 0.15) is 6.26 Å². The molecule has 1 aliphatic carbocycles. The Morgan fingerprint density at radius 1 is 1.44 bits per heavy atom. The summed E-state index contributed by atoms with van der Waals surface area (Å²) in [6.07, 6.45) is 6.73. The smallest absolute Gasteiger partial charge is 0.297 e. The summed E-state index contributed by atoms with van der Waals surface area (Å²) >= 11 is 0. The highest BCUT2D eigenvalue weighted by Crippen LogP contribution is 2.28. The number of oxazole rings is 1. The molecule has 0 atom stereocenters. The molecule has 0 aliphatic heterocycles. The molecule has 1 saturated carbocycles. The van der Waals surface area contributed by atoms with Crippen LogP contribution in [0, 0.1) is 5.92 Å². The molecule has 4 heteroatoms. The van der Waals surface area contributed by atoms with Gasteiger partial charge in [-0.05, 0) is 31.6 Å². The van der Waals surface area contributed by atoms with Crippen LogP contribution in [0.1, 0.15) is 38.3 Å². The maximum atomic E-state index is 5.52. The summed E-state index contributed by atoms with van der Waals surface area (Å²) in [5.41, 5.74) is 6.34. The van der Waals surface area contributed by atoms with E-state index in [9.17, 15) is 0 Å². The van der Waals surface area contributed by atoms with Crippen LogP contribution in [0.15, 0.2) is 10.7 Å². The third kappa shape index (κ3) is 2.38. The number of hydrogen-bond donors (Lipinski definition) is 1. The molecule has 16 heavy (non-hydrogen) atoms. The second-order valence-corrected chi connectivity index (χ2v) is 4.85. The first-order chi connectivity index (χ1) is 7.70. The van der Waals surface area contributed by atoms with Crippen LogP contribution in [-0.2, 0) is 6.54 Å². The Hall–Kier alpha value is -1.03. The molecule has 1 aromatic rings. The Morgan fingerprint density at radius 3 is 2.69 bits per heavy atom. The van der Waals surface area contributed by atoms with Crippen molar-refractivity contribution in [2.24, 2.45) is 11.7 Å². The highest BCUT2D eigenvalue weighted by molar-refractivity contribution is 5.27. The lowest BCUT2D eigenvalue weighted by Gasteiger charge is -2.32. The Kier molecular flexibility index (Phi) is 3.49. The van der Waals surface area contributed by atoms with Gasteiger partial charge in [0.05, 0.1) is 5.69 Å². The minimum absolute atomic E-state index is 0.443.